The number of furan rings is 1. The molecule has 6 heteroatoms. The molecule has 0 atom stereocenters. The number of halogens is 3. The molecule has 0 aromatic carbocycles. The molecule has 0 saturated carbocycles. The van der Waals surface area contributed by atoms with Crippen LogP contribution in [0.5, 0.6) is 0 Å². The van der Waals surface area contributed by atoms with Gasteiger partial charge in [0.1, 0.15) is 18.1 Å². The van der Waals surface area contributed by atoms with Gasteiger partial charge in [-0.25, -0.2) is 0 Å². The average Bonchev–Trinajstić information content (AvgIpc) is 2.63. The van der Waals surface area contributed by atoms with Crippen molar-refractivity contribution in [2.45, 2.75) is 32.2 Å². The van der Waals surface area contributed by atoms with Crippen LogP contribution in [0.15, 0.2) is 16.5 Å². The molecule has 0 aliphatic carbocycles. The van der Waals surface area contributed by atoms with Crippen molar-refractivity contribution in [3.05, 3.63) is 23.7 Å². The Labute approximate surface area is 91.3 Å². The predicted octanol–water partition coefficient (Wildman–Crippen LogP) is 2.20. The predicted molar refractivity (Wildman–Crippen MR) is 51.6 cm³/mol. The van der Waals surface area contributed by atoms with E-state index in [0.717, 1.165) is 0 Å². The molecule has 0 spiro atoms. The van der Waals surface area contributed by atoms with Crippen molar-refractivity contribution < 1.29 is 22.7 Å². The van der Waals surface area contributed by atoms with Crippen molar-refractivity contribution in [1.29, 1.82) is 0 Å². The van der Waals surface area contributed by atoms with Crippen LogP contribution >= 0.6 is 0 Å². The summed E-state index contributed by atoms with van der Waals surface area (Å²) in [6.45, 7) is 0.487. The van der Waals surface area contributed by atoms with Gasteiger partial charge in [-0.15, -0.1) is 0 Å². The van der Waals surface area contributed by atoms with Gasteiger partial charge < -0.3 is 14.8 Å². The first-order chi connectivity index (χ1) is 7.51. The molecule has 1 aromatic rings. The summed E-state index contributed by atoms with van der Waals surface area (Å²) in [5, 5.41) is 11.5. The zero-order valence-electron chi connectivity index (χ0n) is 8.68. The lowest BCUT2D eigenvalue weighted by Crippen LogP contribution is -2.17. The summed E-state index contributed by atoms with van der Waals surface area (Å²) in [5.41, 5.74) is 0. The molecule has 0 aliphatic heterocycles. The molecule has 1 rings (SSSR count). The van der Waals surface area contributed by atoms with Gasteiger partial charge in [-0.05, 0) is 25.1 Å². The molecule has 0 radical (unpaired) electrons. The summed E-state index contributed by atoms with van der Waals surface area (Å²) in [6, 6.07) is 3.31. The normalized spacial score (nSPS) is 12.0. The first-order valence-corrected chi connectivity index (χ1v) is 4.97. The Bertz CT molecular complexity index is 309. The van der Waals surface area contributed by atoms with E-state index in [1.165, 1.54) is 0 Å². The van der Waals surface area contributed by atoms with Crippen molar-refractivity contribution in [1.82, 2.24) is 5.32 Å². The van der Waals surface area contributed by atoms with Gasteiger partial charge in [-0.1, -0.05) is 0 Å². The van der Waals surface area contributed by atoms with Crippen LogP contribution in [-0.2, 0) is 13.2 Å². The number of hydrogen-bond acceptors (Lipinski definition) is 3. The van der Waals surface area contributed by atoms with Crippen LogP contribution in [0.1, 0.15) is 24.4 Å². The third-order valence-corrected chi connectivity index (χ3v) is 1.99. The highest BCUT2D eigenvalue weighted by Crippen LogP contribution is 2.20. The van der Waals surface area contributed by atoms with Crippen molar-refractivity contribution in [2.24, 2.45) is 0 Å². The maximum Gasteiger partial charge on any atom is 0.389 e. The molecule has 0 unspecified atom stereocenters. The van der Waals surface area contributed by atoms with E-state index >= 15 is 0 Å². The molecule has 0 bridgehead atoms. The highest BCUT2D eigenvalue weighted by atomic mass is 19.4. The van der Waals surface area contributed by atoms with Gasteiger partial charge in [0, 0.05) is 6.42 Å². The molecule has 0 aliphatic rings. The Morgan fingerprint density at radius 2 is 1.94 bits per heavy atom. The molecule has 0 amide bonds. The standard InChI is InChI=1S/C10H14F3NO2/c11-10(12,13)4-1-5-14-6-8-2-3-9(7-15)16-8/h2-3,14-15H,1,4-7H2. The fourth-order valence-corrected chi connectivity index (χ4v) is 1.23. The van der Waals surface area contributed by atoms with Crippen molar-refractivity contribution in [2.75, 3.05) is 6.54 Å². The molecular formula is C10H14F3NO2. The van der Waals surface area contributed by atoms with Crippen LogP contribution in [0.25, 0.3) is 0 Å². The topological polar surface area (TPSA) is 45.4 Å². The van der Waals surface area contributed by atoms with E-state index in [1.807, 2.05) is 0 Å². The number of aliphatic hydroxyl groups is 1. The summed E-state index contributed by atoms with van der Waals surface area (Å²) in [6.07, 6.45) is -4.81. The van der Waals surface area contributed by atoms with Gasteiger partial charge >= 0.3 is 6.18 Å². The van der Waals surface area contributed by atoms with Crippen LogP contribution < -0.4 is 5.32 Å². The molecular weight excluding hydrogens is 223 g/mol. The monoisotopic (exact) mass is 237 g/mol. The lowest BCUT2D eigenvalue weighted by molar-refractivity contribution is -0.135. The Kier molecular flexibility index (Phi) is 4.82. The van der Waals surface area contributed by atoms with Crippen LogP contribution in [0.4, 0.5) is 13.2 Å². The highest BCUT2D eigenvalue weighted by Gasteiger charge is 2.25. The fourth-order valence-electron chi connectivity index (χ4n) is 1.23. The lowest BCUT2D eigenvalue weighted by Gasteiger charge is -2.06. The van der Waals surface area contributed by atoms with Crippen LogP contribution in [0.2, 0.25) is 0 Å². The molecule has 0 fully saturated rings. The SMILES string of the molecule is OCc1ccc(CNCCCC(F)(F)F)o1. The summed E-state index contributed by atoms with van der Waals surface area (Å²) in [5.74, 6) is 1.06. The molecule has 2 N–H and O–H groups in total. The van der Waals surface area contributed by atoms with Gasteiger partial charge in [0.05, 0.1) is 6.54 Å². The Hall–Kier alpha value is -1.01. The summed E-state index contributed by atoms with van der Waals surface area (Å²) >= 11 is 0. The van der Waals surface area contributed by atoms with Gasteiger partial charge in [0.25, 0.3) is 0 Å². The van der Waals surface area contributed by atoms with Gasteiger partial charge in [0.2, 0.25) is 0 Å². The molecule has 92 valence electrons. The van der Waals surface area contributed by atoms with Crippen molar-refractivity contribution in [3.63, 3.8) is 0 Å². The largest absolute Gasteiger partial charge is 0.462 e. The second-order valence-corrected chi connectivity index (χ2v) is 3.42. The number of nitrogens with one attached hydrogen (secondary N) is 1. The Morgan fingerprint density at radius 3 is 2.50 bits per heavy atom. The van der Waals surface area contributed by atoms with Gasteiger partial charge in [-0.2, -0.15) is 13.2 Å². The molecule has 1 heterocycles. The Morgan fingerprint density at radius 1 is 1.25 bits per heavy atom. The van der Waals surface area contributed by atoms with E-state index in [4.69, 9.17) is 9.52 Å². The van der Waals surface area contributed by atoms with E-state index < -0.39 is 12.6 Å². The van der Waals surface area contributed by atoms with E-state index in [9.17, 15) is 13.2 Å². The zero-order valence-corrected chi connectivity index (χ0v) is 8.68. The van der Waals surface area contributed by atoms with Crippen molar-refractivity contribution >= 4 is 0 Å². The van der Waals surface area contributed by atoms with Crippen LogP contribution in [-0.4, -0.2) is 17.8 Å². The fraction of sp³-hybridized carbons (Fsp3) is 0.600. The number of alkyl halides is 3. The number of aliphatic hydroxyl groups excluding tert-OH is 1. The minimum absolute atomic E-state index is 0.0526. The maximum atomic E-state index is 11.8. The van der Waals surface area contributed by atoms with Gasteiger partial charge in [-0.3, -0.25) is 0 Å². The lowest BCUT2D eigenvalue weighted by atomic mass is 10.3. The van der Waals surface area contributed by atoms with E-state index in [1.54, 1.807) is 12.1 Å². The van der Waals surface area contributed by atoms with E-state index in [2.05, 4.69) is 5.32 Å². The van der Waals surface area contributed by atoms with Crippen molar-refractivity contribution in [3.8, 4) is 0 Å². The number of hydrogen-bond donors (Lipinski definition) is 2. The molecule has 0 saturated heterocycles. The van der Waals surface area contributed by atoms with Crippen LogP contribution in [0.3, 0.4) is 0 Å². The third-order valence-electron chi connectivity index (χ3n) is 1.99. The highest BCUT2D eigenvalue weighted by molar-refractivity contribution is 5.05. The van der Waals surface area contributed by atoms with E-state index in [0.29, 0.717) is 18.1 Å². The smallest absolute Gasteiger partial charge is 0.389 e. The second-order valence-electron chi connectivity index (χ2n) is 3.42. The molecule has 16 heavy (non-hydrogen) atoms. The summed E-state index contributed by atoms with van der Waals surface area (Å²) in [4.78, 5) is 0. The summed E-state index contributed by atoms with van der Waals surface area (Å²) < 4.78 is 40.5. The average molecular weight is 237 g/mol. The minimum atomic E-state index is -4.09. The molecule has 3 nitrogen and oxygen atoms in total. The Balaban J connectivity index is 2.11. The second kappa shape index (κ2) is 5.91. The van der Waals surface area contributed by atoms with E-state index in [-0.39, 0.29) is 19.6 Å². The first-order valence-electron chi connectivity index (χ1n) is 4.97. The third kappa shape index (κ3) is 5.18. The maximum absolute atomic E-state index is 11.8. The first kappa shape index (κ1) is 13.1. The quantitative estimate of drug-likeness (QED) is 0.745. The minimum Gasteiger partial charge on any atom is -0.462 e. The summed E-state index contributed by atoms with van der Waals surface area (Å²) in [7, 11) is 0. The zero-order chi connectivity index (χ0) is 12.0. The van der Waals surface area contributed by atoms with Crippen LogP contribution in [0, 0.1) is 0 Å². The van der Waals surface area contributed by atoms with Gasteiger partial charge in [0.15, 0.2) is 0 Å². The number of rotatable bonds is 6. The molecule has 1 aromatic heterocycles.